The third kappa shape index (κ3) is 4.11. The lowest BCUT2D eigenvalue weighted by Crippen LogP contribution is -2.55. The van der Waals surface area contributed by atoms with Gasteiger partial charge in [-0.25, -0.2) is 0 Å². The van der Waals surface area contributed by atoms with Crippen LogP contribution in [0, 0.1) is 5.92 Å². The van der Waals surface area contributed by atoms with E-state index in [1.165, 1.54) is 12.8 Å². The molecule has 6 nitrogen and oxygen atoms in total. The van der Waals surface area contributed by atoms with Gasteiger partial charge in [0, 0.05) is 36.3 Å². The quantitative estimate of drug-likeness (QED) is 0.726. The lowest BCUT2D eigenvalue weighted by Gasteiger charge is -2.49. The number of carbonyl (C=O) groups is 1. The van der Waals surface area contributed by atoms with Crippen LogP contribution in [-0.4, -0.2) is 50.7 Å². The molecule has 4 atom stereocenters. The van der Waals surface area contributed by atoms with Gasteiger partial charge in [-0.3, -0.25) is 9.69 Å². The molecule has 6 heteroatoms. The number of amides is 1. The number of nitrogens with zero attached hydrogens (tertiary/aromatic N) is 1. The third-order valence-corrected chi connectivity index (χ3v) is 7.80. The summed E-state index contributed by atoms with van der Waals surface area (Å²) in [7, 11) is 3.34. The van der Waals surface area contributed by atoms with Gasteiger partial charge in [0.25, 0.3) is 5.91 Å². The number of hydrogen-bond donors (Lipinski definition) is 2. The Labute approximate surface area is 196 Å². The highest BCUT2D eigenvalue weighted by Crippen LogP contribution is 2.47. The van der Waals surface area contributed by atoms with E-state index in [0.717, 1.165) is 60.5 Å². The summed E-state index contributed by atoms with van der Waals surface area (Å²) in [6.07, 6.45) is 4.45. The van der Waals surface area contributed by atoms with Crippen molar-refractivity contribution < 1.29 is 14.3 Å². The summed E-state index contributed by atoms with van der Waals surface area (Å²) in [6, 6.07) is 12.6. The molecule has 0 saturated carbocycles. The molecule has 33 heavy (non-hydrogen) atoms. The van der Waals surface area contributed by atoms with Gasteiger partial charge in [0.05, 0.1) is 20.3 Å². The molecule has 2 saturated heterocycles. The van der Waals surface area contributed by atoms with Crippen LogP contribution in [0.1, 0.15) is 65.3 Å². The zero-order valence-corrected chi connectivity index (χ0v) is 19.9. The molecule has 3 heterocycles. The predicted octanol–water partition coefficient (Wildman–Crippen LogP) is 3.87. The SMILES string of the molecule is COc1cc(C(=O)N[C@H](C)c2ccccc2)c2c(c1OC)CCN1C[C@H]3CCCN[C@H]3C[C@H]21. The highest BCUT2D eigenvalue weighted by Gasteiger charge is 2.42. The van der Waals surface area contributed by atoms with Gasteiger partial charge in [0.2, 0.25) is 0 Å². The molecule has 0 radical (unpaired) electrons. The Hall–Kier alpha value is -2.57. The minimum Gasteiger partial charge on any atom is -0.493 e. The molecule has 0 unspecified atom stereocenters. The number of benzene rings is 2. The molecule has 1 amide bonds. The molecule has 2 N–H and O–H groups in total. The topological polar surface area (TPSA) is 62.8 Å². The van der Waals surface area contributed by atoms with Crippen molar-refractivity contribution in [2.24, 2.45) is 5.92 Å². The van der Waals surface area contributed by atoms with Crippen LogP contribution in [0.3, 0.4) is 0 Å². The largest absolute Gasteiger partial charge is 0.493 e. The Morgan fingerprint density at radius 2 is 2.03 bits per heavy atom. The summed E-state index contributed by atoms with van der Waals surface area (Å²) < 4.78 is 11.5. The monoisotopic (exact) mass is 449 g/mol. The standard InChI is InChI=1S/C27H35N3O3/c1-17(18-8-5-4-6-9-18)29-27(31)21-14-24(32-2)26(33-3)20-11-13-30-16-19-10-7-12-28-22(19)15-23(30)25(20)21/h4-6,8-9,14,17,19,22-23,28H,7,10-13,15-16H2,1-3H3,(H,29,31)/t17-,19-,22+,23-/m1/s1. The van der Waals surface area contributed by atoms with E-state index in [1.807, 2.05) is 43.3 Å². The van der Waals surface area contributed by atoms with Gasteiger partial charge in [0.1, 0.15) is 0 Å². The van der Waals surface area contributed by atoms with Crippen LogP contribution < -0.4 is 20.1 Å². The number of hydrogen-bond acceptors (Lipinski definition) is 5. The Morgan fingerprint density at radius 3 is 2.79 bits per heavy atom. The van der Waals surface area contributed by atoms with E-state index in [1.54, 1.807) is 14.2 Å². The van der Waals surface area contributed by atoms with Crippen molar-refractivity contribution in [1.82, 2.24) is 15.5 Å². The van der Waals surface area contributed by atoms with Gasteiger partial charge in [-0.15, -0.1) is 0 Å². The number of rotatable bonds is 5. The Bertz CT molecular complexity index is 1010. The van der Waals surface area contributed by atoms with Crippen LogP contribution in [0.15, 0.2) is 36.4 Å². The summed E-state index contributed by atoms with van der Waals surface area (Å²) in [5.74, 6) is 2.06. The van der Waals surface area contributed by atoms with Crippen LogP contribution in [0.5, 0.6) is 11.5 Å². The van der Waals surface area contributed by atoms with Crippen molar-refractivity contribution in [1.29, 1.82) is 0 Å². The molecular formula is C27H35N3O3. The van der Waals surface area contributed by atoms with Gasteiger partial charge in [-0.2, -0.15) is 0 Å². The molecule has 3 aliphatic rings. The molecule has 3 aliphatic heterocycles. The number of fused-ring (bicyclic) bond motifs is 4. The van der Waals surface area contributed by atoms with Crippen molar-refractivity contribution in [3.8, 4) is 11.5 Å². The first-order valence-corrected chi connectivity index (χ1v) is 12.2. The van der Waals surface area contributed by atoms with E-state index in [9.17, 15) is 4.79 Å². The molecule has 2 aromatic rings. The maximum atomic E-state index is 13.7. The minimum atomic E-state index is -0.0853. The Kier molecular flexibility index (Phi) is 6.30. The van der Waals surface area contributed by atoms with Crippen LogP contribution in [0.4, 0.5) is 0 Å². The number of nitrogens with one attached hydrogen (secondary N) is 2. The second kappa shape index (κ2) is 9.35. The molecule has 5 rings (SSSR count). The highest BCUT2D eigenvalue weighted by atomic mass is 16.5. The van der Waals surface area contributed by atoms with E-state index in [0.29, 0.717) is 17.7 Å². The number of methoxy groups -OCH3 is 2. The maximum Gasteiger partial charge on any atom is 0.252 e. The first kappa shape index (κ1) is 22.2. The fourth-order valence-corrected chi connectivity index (χ4v) is 6.13. The van der Waals surface area contributed by atoms with Crippen LogP contribution >= 0.6 is 0 Å². The second-order valence-corrected chi connectivity index (χ2v) is 9.62. The lowest BCUT2D eigenvalue weighted by atomic mass is 9.76. The van der Waals surface area contributed by atoms with Gasteiger partial charge < -0.3 is 20.1 Å². The number of piperidine rings is 2. The lowest BCUT2D eigenvalue weighted by molar-refractivity contribution is 0.0537. The molecular weight excluding hydrogens is 414 g/mol. The third-order valence-electron chi connectivity index (χ3n) is 7.80. The predicted molar refractivity (Wildman–Crippen MR) is 129 cm³/mol. The van der Waals surface area contributed by atoms with E-state index in [4.69, 9.17) is 9.47 Å². The van der Waals surface area contributed by atoms with Crippen molar-refractivity contribution >= 4 is 5.91 Å². The summed E-state index contributed by atoms with van der Waals surface area (Å²) in [5, 5.41) is 6.99. The van der Waals surface area contributed by atoms with Crippen molar-refractivity contribution in [3.63, 3.8) is 0 Å². The molecule has 176 valence electrons. The number of carbonyl (C=O) groups excluding carboxylic acids is 1. The first-order chi connectivity index (χ1) is 16.1. The van der Waals surface area contributed by atoms with E-state index >= 15 is 0 Å². The number of ether oxygens (including phenoxy) is 2. The van der Waals surface area contributed by atoms with Gasteiger partial charge >= 0.3 is 0 Å². The van der Waals surface area contributed by atoms with Crippen LogP contribution in [0.2, 0.25) is 0 Å². The van der Waals surface area contributed by atoms with E-state index in [2.05, 4.69) is 15.5 Å². The average Bonchev–Trinajstić information content (AvgIpc) is 2.86. The highest BCUT2D eigenvalue weighted by molar-refractivity contribution is 5.97. The summed E-state index contributed by atoms with van der Waals surface area (Å²) in [6.45, 7) is 5.21. The van der Waals surface area contributed by atoms with Gasteiger partial charge in [-0.1, -0.05) is 30.3 Å². The van der Waals surface area contributed by atoms with Gasteiger partial charge in [-0.05, 0) is 62.3 Å². The van der Waals surface area contributed by atoms with Crippen molar-refractivity contribution in [2.45, 2.75) is 50.7 Å². The molecule has 2 fully saturated rings. The van der Waals surface area contributed by atoms with E-state index < -0.39 is 0 Å². The molecule has 0 bridgehead atoms. The second-order valence-electron chi connectivity index (χ2n) is 9.62. The summed E-state index contributed by atoms with van der Waals surface area (Å²) in [4.78, 5) is 16.3. The zero-order chi connectivity index (χ0) is 22.9. The van der Waals surface area contributed by atoms with Crippen LogP contribution in [0.25, 0.3) is 0 Å². The van der Waals surface area contributed by atoms with Crippen LogP contribution in [-0.2, 0) is 6.42 Å². The zero-order valence-electron chi connectivity index (χ0n) is 19.9. The Morgan fingerprint density at radius 1 is 1.21 bits per heavy atom. The van der Waals surface area contributed by atoms with E-state index in [-0.39, 0.29) is 18.0 Å². The van der Waals surface area contributed by atoms with Crippen molar-refractivity contribution in [3.05, 3.63) is 58.7 Å². The molecule has 0 aliphatic carbocycles. The normalized spacial score (nSPS) is 25.2. The molecule has 2 aromatic carbocycles. The van der Waals surface area contributed by atoms with Gasteiger partial charge in [0.15, 0.2) is 11.5 Å². The summed E-state index contributed by atoms with van der Waals surface area (Å²) in [5.41, 5.74) is 4.07. The average molecular weight is 450 g/mol. The fraction of sp³-hybridized carbons (Fsp3) is 0.519. The smallest absolute Gasteiger partial charge is 0.252 e. The first-order valence-electron chi connectivity index (χ1n) is 12.2. The molecule has 0 aromatic heterocycles. The summed E-state index contributed by atoms with van der Waals surface area (Å²) >= 11 is 0. The van der Waals surface area contributed by atoms with Crippen molar-refractivity contribution in [2.75, 3.05) is 33.9 Å². The maximum absolute atomic E-state index is 13.7. The fourth-order valence-electron chi connectivity index (χ4n) is 6.13. The molecule has 0 spiro atoms. The minimum absolute atomic E-state index is 0.0517. The Balaban J connectivity index is 1.53.